The van der Waals surface area contributed by atoms with Gasteiger partial charge in [0.15, 0.2) is 0 Å². The summed E-state index contributed by atoms with van der Waals surface area (Å²) in [4.78, 5) is 24.4. The Hall–Kier alpha value is -1.88. The lowest BCUT2D eigenvalue weighted by atomic mass is 9.92. The SMILES string of the molecule is Cc1cc(C(=O)NC(C)C)ccc1NC(=O)[C@H]1CCN[C@@H](C)C1. The van der Waals surface area contributed by atoms with Gasteiger partial charge in [0.2, 0.25) is 5.91 Å². The first-order valence-electron chi connectivity index (χ1n) is 8.32. The molecule has 1 saturated heterocycles. The van der Waals surface area contributed by atoms with Gasteiger partial charge in [-0.1, -0.05) is 0 Å². The maximum absolute atomic E-state index is 12.4. The summed E-state index contributed by atoms with van der Waals surface area (Å²) < 4.78 is 0. The maximum atomic E-state index is 12.4. The third-order valence-electron chi connectivity index (χ3n) is 4.16. The van der Waals surface area contributed by atoms with E-state index in [1.165, 1.54) is 0 Å². The third kappa shape index (κ3) is 4.79. The smallest absolute Gasteiger partial charge is 0.251 e. The zero-order chi connectivity index (χ0) is 17.0. The normalized spacial score (nSPS) is 21.1. The molecule has 0 bridgehead atoms. The first kappa shape index (κ1) is 17.5. The van der Waals surface area contributed by atoms with Crippen LogP contribution >= 0.6 is 0 Å². The van der Waals surface area contributed by atoms with E-state index in [2.05, 4.69) is 22.9 Å². The van der Waals surface area contributed by atoms with Gasteiger partial charge in [0, 0.05) is 29.3 Å². The topological polar surface area (TPSA) is 70.2 Å². The Morgan fingerprint density at radius 2 is 2.04 bits per heavy atom. The van der Waals surface area contributed by atoms with Crippen LogP contribution in [0, 0.1) is 12.8 Å². The Labute approximate surface area is 138 Å². The summed E-state index contributed by atoms with van der Waals surface area (Å²) in [5.74, 6) is 0.0311. The zero-order valence-corrected chi connectivity index (χ0v) is 14.4. The Balaban J connectivity index is 2.03. The highest BCUT2D eigenvalue weighted by Crippen LogP contribution is 2.21. The molecule has 2 amide bonds. The van der Waals surface area contributed by atoms with Crippen molar-refractivity contribution in [2.24, 2.45) is 5.92 Å². The number of piperidine rings is 1. The zero-order valence-electron chi connectivity index (χ0n) is 14.4. The Morgan fingerprint density at radius 3 is 2.65 bits per heavy atom. The number of nitrogens with one attached hydrogen (secondary N) is 3. The number of rotatable bonds is 4. The lowest BCUT2D eigenvalue weighted by Gasteiger charge is -2.27. The molecule has 0 radical (unpaired) electrons. The Kier molecular flexibility index (Phi) is 5.77. The van der Waals surface area contributed by atoms with E-state index in [0.717, 1.165) is 30.6 Å². The quantitative estimate of drug-likeness (QED) is 0.799. The lowest BCUT2D eigenvalue weighted by Crippen LogP contribution is -2.40. The van der Waals surface area contributed by atoms with Gasteiger partial charge in [0.05, 0.1) is 0 Å². The summed E-state index contributed by atoms with van der Waals surface area (Å²) in [6, 6.07) is 5.86. The first-order valence-corrected chi connectivity index (χ1v) is 8.32. The van der Waals surface area contributed by atoms with Gasteiger partial charge in [0.1, 0.15) is 0 Å². The fourth-order valence-corrected chi connectivity index (χ4v) is 2.90. The minimum Gasteiger partial charge on any atom is -0.350 e. The molecule has 3 N–H and O–H groups in total. The van der Waals surface area contributed by atoms with E-state index in [9.17, 15) is 9.59 Å². The molecule has 0 spiro atoms. The number of carbonyl (C=O) groups excluding carboxylic acids is 2. The summed E-state index contributed by atoms with van der Waals surface area (Å²) in [6.07, 6.45) is 1.73. The highest BCUT2D eigenvalue weighted by molar-refractivity contribution is 5.97. The van der Waals surface area contributed by atoms with Gasteiger partial charge in [-0.3, -0.25) is 9.59 Å². The van der Waals surface area contributed by atoms with Crippen LogP contribution in [0.2, 0.25) is 0 Å². The molecule has 0 aliphatic carbocycles. The average Bonchev–Trinajstić information content (AvgIpc) is 2.48. The van der Waals surface area contributed by atoms with Crippen molar-refractivity contribution in [3.63, 3.8) is 0 Å². The standard InChI is InChI=1S/C18H27N3O2/c1-11(2)20-17(22)14-5-6-16(12(3)9-14)21-18(23)15-7-8-19-13(4)10-15/h5-6,9,11,13,15,19H,7-8,10H2,1-4H3,(H,20,22)(H,21,23)/t13-,15-/m0/s1. The number of carbonyl (C=O) groups is 2. The number of amides is 2. The van der Waals surface area contributed by atoms with Crippen molar-refractivity contribution in [1.82, 2.24) is 10.6 Å². The second-order valence-corrected chi connectivity index (χ2v) is 6.72. The molecular formula is C18H27N3O2. The van der Waals surface area contributed by atoms with E-state index in [1.54, 1.807) is 6.07 Å². The van der Waals surface area contributed by atoms with E-state index in [0.29, 0.717) is 11.6 Å². The summed E-state index contributed by atoms with van der Waals surface area (Å²) >= 11 is 0. The second kappa shape index (κ2) is 7.59. The van der Waals surface area contributed by atoms with E-state index < -0.39 is 0 Å². The molecule has 0 saturated carbocycles. The van der Waals surface area contributed by atoms with E-state index >= 15 is 0 Å². The maximum Gasteiger partial charge on any atom is 0.251 e. The van der Waals surface area contributed by atoms with E-state index in [1.807, 2.05) is 32.9 Å². The number of hydrogen-bond acceptors (Lipinski definition) is 3. The molecule has 1 fully saturated rings. The van der Waals surface area contributed by atoms with E-state index in [4.69, 9.17) is 0 Å². The van der Waals surface area contributed by atoms with Crippen LogP contribution in [0.15, 0.2) is 18.2 Å². The second-order valence-electron chi connectivity index (χ2n) is 6.72. The van der Waals surface area contributed by atoms with Gasteiger partial charge in [-0.05, 0) is 70.8 Å². The summed E-state index contributed by atoms with van der Waals surface area (Å²) in [7, 11) is 0. The first-order chi connectivity index (χ1) is 10.9. The van der Waals surface area contributed by atoms with Crippen molar-refractivity contribution in [3.8, 4) is 0 Å². The minimum absolute atomic E-state index is 0.0505. The van der Waals surface area contributed by atoms with Crippen molar-refractivity contribution in [2.45, 2.75) is 52.6 Å². The molecule has 2 atom stereocenters. The number of benzene rings is 1. The van der Waals surface area contributed by atoms with Gasteiger partial charge in [-0.15, -0.1) is 0 Å². The predicted octanol–water partition coefficient (Wildman–Crippen LogP) is 2.46. The Morgan fingerprint density at radius 1 is 1.30 bits per heavy atom. The average molecular weight is 317 g/mol. The largest absolute Gasteiger partial charge is 0.350 e. The molecule has 1 aromatic rings. The number of anilines is 1. The van der Waals surface area contributed by atoms with Gasteiger partial charge in [0.25, 0.3) is 5.91 Å². The van der Waals surface area contributed by atoms with Gasteiger partial charge >= 0.3 is 0 Å². The molecule has 23 heavy (non-hydrogen) atoms. The van der Waals surface area contributed by atoms with Crippen LogP contribution in [0.3, 0.4) is 0 Å². The van der Waals surface area contributed by atoms with Crippen LogP contribution in [-0.2, 0) is 4.79 Å². The lowest BCUT2D eigenvalue weighted by molar-refractivity contribution is -0.120. The van der Waals surface area contributed by atoms with Crippen LogP contribution in [0.25, 0.3) is 0 Å². The minimum atomic E-state index is -0.0897. The van der Waals surface area contributed by atoms with Crippen LogP contribution in [-0.4, -0.2) is 30.4 Å². The van der Waals surface area contributed by atoms with Gasteiger partial charge < -0.3 is 16.0 Å². The predicted molar refractivity (Wildman–Crippen MR) is 92.6 cm³/mol. The summed E-state index contributed by atoms with van der Waals surface area (Å²) in [5.41, 5.74) is 2.30. The van der Waals surface area contributed by atoms with E-state index in [-0.39, 0.29) is 23.8 Å². The summed E-state index contributed by atoms with van der Waals surface area (Å²) in [6.45, 7) is 8.75. The molecule has 1 aliphatic rings. The fourth-order valence-electron chi connectivity index (χ4n) is 2.90. The highest BCUT2D eigenvalue weighted by atomic mass is 16.2. The number of aryl methyl sites for hydroxylation is 1. The molecule has 0 aromatic heterocycles. The third-order valence-corrected chi connectivity index (χ3v) is 4.16. The molecule has 1 aromatic carbocycles. The van der Waals surface area contributed by atoms with Crippen molar-refractivity contribution in [2.75, 3.05) is 11.9 Å². The van der Waals surface area contributed by atoms with Crippen molar-refractivity contribution >= 4 is 17.5 Å². The molecule has 0 unspecified atom stereocenters. The molecule has 1 heterocycles. The van der Waals surface area contributed by atoms with Gasteiger partial charge in [-0.2, -0.15) is 0 Å². The van der Waals surface area contributed by atoms with Crippen molar-refractivity contribution < 1.29 is 9.59 Å². The van der Waals surface area contributed by atoms with Gasteiger partial charge in [-0.25, -0.2) is 0 Å². The highest BCUT2D eigenvalue weighted by Gasteiger charge is 2.25. The molecule has 1 aliphatic heterocycles. The van der Waals surface area contributed by atoms with Crippen LogP contribution < -0.4 is 16.0 Å². The monoisotopic (exact) mass is 317 g/mol. The van der Waals surface area contributed by atoms with Crippen LogP contribution in [0.1, 0.15) is 49.5 Å². The van der Waals surface area contributed by atoms with Crippen LogP contribution in [0.5, 0.6) is 0 Å². The fraction of sp³-hybridized carbons (Fsp3) is 0.556. The van der Waals surface area contributed by atoms with Crippen molar-refractivity contribution in [3.05, 3.63) is 29.3 Å². The van der Waals surface area contributed by atoms with Crippen molar-refractivity contribution in [1.29, 1.82) is 0 Å². The molecule has 5 heteroatoms. The summed E-state index contributed by atoms with van der Waals surface area (Å²) in [5, 5.41) is 9.23. The number of hydrogen-bond donors (Lipinski definition) is 3. The Bertz CT molecular complexity index is 584. The molecule has 5 nitrogen and oxygen atoms in total. The molecule has 2 rings (SSSR count). The molecular weight excluding hydrogens is 290 g/mol. The molecule has 126 valence electrons. The van der Waals surface area contributed by atoms with Crippen LogP contribution in [0.4, 0.5) is 5.69 Å².